The average Bonchev–Trinajstić information content (AvgIpc) is 2.24. The Labute approximate surface area is 95.1 Å². The zero-order chi connectivity index (χ0) is 11.1. The molecule has 0 fully saturated rings. The van der Waals surface area contributed by atoms with Gasteiger partial charge < -0.3 is 15.2 Å². The Morgan fingerprint density at radius 1 is 1.40 bits per heavy atom. The van der Waals surface area contributed by atoms with Gasteiger partial charge in [0.05, 0.1) is 25.9 Å². The highest BCUT2D eigenvalue weighted by atomic mass is 35.5. The van der Waals surface area contributed by atoms with Crippen molar-refractivity contribution in [3.63, 3.8) is 0 Å². The maximum Gasteiger partial charge on any atom is 0.0701 e. The number of hydrogen-bond donors (Lipinski definition) is 1. The van der Waals surface area contributed by atoms with Crippen molar-refractivity contribution in [1.82, 2.24) is 0 Å². The van der Waals surface area contributed by atoms with Gasteiger partial charge in [-0.2, -0.15) is 0 Å². The average molecular weight is 230 g/mol. The van der Waals surface area contributed by atoms with Gasteiger partial charge in [-0.05, 0) is 17.7 Å². The fraction of sp³-hybridized carbons (Fsp3) is 0.455. The molecule has 1 unspecified atom stereocenters. The van der Waals surface area contributed by atoms with E-state index in [0.29, 0.717) is 24.8 Å². The second-order valence-electron chi connectivity index (χ2n) is 3.23. The summed E-state index contributed by atoms with van der Waals surface area (Å²) in [5.74, 6) is 0. The molecule has 84 valence electrons. The summed E-state index contributed by atoms with van der Waals surface area (Å²) in [6, 6.07) is 7.36. The fourth-order valence-electron chi connectivity index (χ4n) is 1.19. The van der Waals surface area contributed by atoms with Crippen molar-refractivity contribution in [2.75, 3.05) is 26.9 Å². The number of ether oxygens (including phenoxy) is 2. The van der Waals surface area contributed by atoms with Crippen LogP contribution in [0.5, 0.6) is 0 Å². The van der Waals surface area contributed by atoms with Crippen molar-refractivity contribution >= 4 is 11.6 Å². The minimum atomic E-state index is -0.138. The van der Waals surface area contributed by atoms with E-state index in [4.69, 9.17) is 26.8 Å². The summed E-state index contributed by atoms with van der Waals surface area (Å²) < 4.78 is 10.2. The van der Waals surface area contributed by atoms with Crippen LogP contribution < -0.4 is 5.73 Å². The molecule has 0 aliphatic rings. The van der Waals surface area contributed by atoms with E-state index in [1.54, 1.807) is 7.11 Å². The molecule has 0 saturated heterocycles. The van der Waals surface area contributed by atoms with Crippen LogP contribution in [0.1, 0.15) is 11.6 Å². The van der Waals surface area contributed by atoms with Crippen molar-refractivity contribution in [1.29, 1.82) is 0 Å². The second-order valence-corrected chi connectivity index (χ2v) is 3.67. The van der Waals surface area contributed by atoms with Gasteiger partial charge in [0.15, 0.2) is 0 Å². The van der Waals surface area contributed by atoms with Crippen LogP contribution in [0.3, 0.4) is 0 Å². The highest BCUT2D eigenvalue weighted by Crippen LogP contribution is 2.16. The Hall–Kier alpha value is -0.610. The third-order valence-electron chi connectivity index (χ3n) is 2.01. The zero-order valence-corrected chi connectivity index (χ0v) is 9.54. The third-order valence-corrected chi connectivity index (χ3v) is 2.24. The lowest BCUT2D eigenvalue weighted by Gasteiger charge is -2.12. The largest absolute Gasteiger partial charge is 0.382 e. The maximum absolute atomic E-state index is 5.92. The molecule has 1 aromatic rings. The molecule has 4 heteroatoms. The van der Waals surface area contributed by atoms with Crippen LogP contribution in [-0.2, 0) is 9.47 Å². The Kier molecular flexibility index (Phi) is 5.65. The lowest BCUT2D eigenvalue weighted by Crippen LogP contribution is -2.18. The lowest BCUT2D eigenvalue weighted by atomic mass is 10.1. The van der Waals surface area contributed by atoms with E-state index < -0.39 is 0 Å². The van der Waals surface area contributed by atoms with Crippen LogP contribution in [0.25, 0.3) is 0 Å². The molecule has 0 saturated carbocycles. The van der Waals surface area contributed by atoms with Crippen LogP contribution in [0.4, 0.5) is 0 Å². The molecule has 0 aromatic heterocycles. The Morgan fingerprint density at radius 3 is 2.87 bits per heavy atom. The number of benzene rings is 1. The Morgan fingerprint density at radius 2 is 2.20 bits per heavy atom. The van der Waals surface area contributed by atoms with Gasteiger partial charge in [0.2, 0.25) is 0 Å². The second kappa shape index (κ2) is 6.80. The number of rotatable bonds is 6. The van der Waals surface area contributed by atoms with E-state index in [2.05, 4.69) is 0 Å². The fourth-order valence-corrected chi connectivity index (χ4v) is 1.38. The van der Waals surface area contributed by atoms with E-state index in [-0.39, 0.29) is 6.04 Å². The Balaban J connectivity index is 2.36. The van der Waals surface area contributed by atoms with Crippen molar-refractivity contribution in [3.8, 4) is 0 Å². The van der Waals surface area contributed by atoms with E-state index in [1.165, 1.54) is 0 Å². The third kappa shape index (κ3) is 4.62. The van der Waals surface area contributed by atoms with Gasteiger partial charge in [-0.25, -0.2) is 0 Å². The highest BCUT2D eigenvalue weighted by Gasteiger charge is 2.05. The summed E-state index contributed by atoms with van der Waals surface area (Å²) in [7, 11) is 1.64. The number of methoxy groups -OCH3 is 1. The normalized spacial score (nSPS) is 12.7. The number of halogens is 1. The van der Waals surface area contributed by atoms with Crippen molar-refractivity contribution in [2.24, 2.45) is 5.73 Å². The van der Waals surface area contributed by atoms with Crippen molar-refractivity contribution in [2.45, 2.75) is 6.04 Å². The molecule has 0 spiro atoms. The predicted molar refractivity (Wildman–Crippen MR) is 61.1 cm³/mol. The molecule has 3 nitrogen and oxygen atoms in total. The first-order valence-electron chi connectivity index (χ1n) is 4.81. The summed E-state index contributed by atoms with van der Waals surface area (Å²) in [6.07, 6.45) is 0. The zero-order valence-electron chi connectivity index (χ0n) is 8.78. The molecule has 15 heavy (non-hydrogen) atoms. The van der Waals surface area contributed by atoms with E-state index >= 15 is 0 Å². The molecule has 0 bridgehead atoms. The van der Waals surface area contributed by atoms with Crippen LogP contribution >= 0.6 is 11.6 Å². The summed E-state index contributed by atoms with van der Waals surface area (Å²) in [5.41, 5.74) is 6.91. The first kappa shape index (κ1) is 12.5. The summed E-state index contributed by atoms with van der Waals surface area (Å²) in [4.78, 5) is 0. The van der Waals surface area contributed by atoms with Gasteiger partial charge in [-0.1, -0.05) is 23.7 Å². The molecule has 1 rings (SSSR count). The van der Waals surface area contributed by atoms with Gasteiger partial charge in [-0.15, -0.1) is 0 Å². The summed E-state index contributed by atoms with van der Waals surface area (Å²) in [5, 5.41) is 0.694. The molecule has 0 aliphatic heterocycles. The molecule has 0 amide bonds. The van der Waals surface area contributed by atoms with Gasteiger partial charge in [-0.3, -0.25) is 0 Å². The quantitative estimate of drug-likeness (QED) is 0.759. The minimum Gasteiger partial charge on any atom is -0.382 e. The predicted octanol–water partition coefficient (Wildman–Crippen LogP) is 2.00. The van der Waals surface area contributed by atoms with Gasteiger partial charge >= 0.3 is 0 Å². The summed E-state index contributed by atoms with van der Waals surface area (Å²) in [6.45, 7) is 1.62. The van der Waals surface area contributed by atoms with Gasteiger partial charge in [0.1, 0.15) is 0 Å². The minimum absolute atomic E-state index is 0.138. The standard InChI is InChI=1S/C11H16ClNO2/c1-14-5-6-15-8-11(13)9-3-2-4-10(12)7-9/h2-4,7,11H,5-6,8,13H2,1H3. The molecule has 0 radical (unpaired) electrons. The molecule has 1 aromatic carbocycles. The molecule has 0 aliphatic carbocycles. The highest BCUT2D eigenvalue weighted by molar-refractivity contribution is 6.30. The van der Waals surface area contributed by atoms with Crippen molar-refractivity contribution < 1.29 is 9.47 Å². The Bertz CT molecular complexity index is 294. The SMILES string of the molecule is COCCOCC(N)c1cccc(Cl)c1. The van der Waals surface area contributed by atoms with Crippen LogP contribution in [0, 0.1) is 0 Å². The summed E-state index contributed by atoms with van der Waals surface area (Å²) >= 11 is 5.86. The van der Waals surface area contributed by atoms with E-state index in [9.17, 15) is 0 Å². The van der Waals surface area contributed by atoms with Crippen LogP contribution in [0.2, 0.25) is 5.02 Å². The first-order chi connectivity index (χ1) is 7.24. The smallest absolute Gasteiger partial charge is 0.0701 e. The first-order valence-corrected chi connectivity index (χ1v) is 5.19. The maximum atomic E-state index is 5.92. The number of nitrogens with two attached hydrogens (primary N) is 1. The topological polar surface area (TPSA) is 44.5 Å². The van der Waals surface area contributed by atoms with Gasteiger partial charge in [0.25, 0.3) is 0 Å². The molecular formula is C11H16ClNO2. The van der Waals surface area contributed by atoms with E-state index in [0.717, 1.165) is 5.56 Å². The van der Waals surface area contributed by atoms with Crippen molar-refractivity contribution in [3.05, 3.63) is 34.9 Å². The number of hydrogen-bond acceptors (Lipinski definition) is 3. The molecule has 2 N–H and O–H groups in total. The van der Waals surface area contributed by atoms with Crippen LogP contribution in [-0.4, -0.2) is 26.9 Å². The molecular weight excluding hydrogens is 214 g/mol. The lowest BCUT2D eigenvalue weighted by molar-refractivity contribution is 0.0636. The van der Waals surface area contributed by atoms with Crippen LogP contribution in [0.15, 0.2) is 24.3 Å². The molecule has 0 heterocycles. The van der Waals surface area contributed by atoms with E-state index in [1.807, 2.05) is 24.3 Å². The molecule has 1 atom stereocenters. The monoisotopic (exact) mass is 229 g/mol. The van der Waals surface area contributed by atoms with Gasteiger partial charge in [0, 0.05) is 12.1 Å².